The molecule has 1 fully saturated rings. The summed E-state index contributed by atoms with van der Waals surface area (Å²) in [5.41, 5.74) is -0.594. The summed E-state index contributed by atoms with van der Waals surface area (Å²) in [7, 11) is 1.45. The Labute approximate surface area is 151 Å². The van der Waals surface area contributed by atoms with E-state index in [1.54, 1.807) is 38.1 Å². The number of carbonyl (C=O) groups is 4. The zero-order valence-corrected chi connectivity index (χ0v) is 15.0. The summed E-state index contributed by atoms with van der Waals surface area (Å²) in [5.74, 6) is -0.858. The summed E-state index contributed by atoms with van der Waals surface area (Å²) < 4.78 is 10.1. The summed E-state index contributed by atoms with van der Waals surface area (Å²) in [4.78, 5) is 48.7. The van der Waals surface area contributed by atoms with Crippen LogP contribution in [0.2, 0.25) is 0 Å². The van der Waals surface area contributed by atoms with Crippen LogP contribution in [0.15, 0.2) is 24.3 Å². The van der Waals surface area contributed by atoms with Crippen molar-refractivity contribution in [2.24, 2.45) is 0 Å². The van der Waals surface area contributed by atoms with Gasteiger partial charge in [0.25, 0.3) is 5.91 Å². The molecule has 2 rings (SSSR count). The number of ether oxygens (including phenoxy) is 2. The monoisotopic (exact) mass is 362 g/mol. The minimum Gasteiger partial charge on any atom is -0.496 e. The number of carbonyl (C=O) groups excluding carboxylic acids is 4. The summed E-state index contributed by atoms with van der Waals surface area (Å²) in [6, 6.07) is 6.19. The summed E-state index contributed by atoms with van der Waals surface area (Å²) in [6.45, 7) is 2.95. The molecular formula is C18H22N2O6. The third-order valence-corrected chi connectivity index (χ3v) is 3.98. The summed E-state index contributed by atoms with van der Waals surface area (Å²) in [6.07, 6.45) is 0.258. The molecule has 0 aliphatic carbocycles. The highest BCUT2D eigenvalue weighted by Crippen LogP contribution is 2.18. The molecule has 0 aromatic heterocycles. The predicted octanol–water partition coefficient (Wildman–Crippen LogP) is 1.53. The molecule has 0 bridgehead atoms. The molecule has 140 valence electrons. The number of urea groups is 1. The molecule has 26 heavy (non-hydrogen) atoms. The molecule has 1 aliphatic rings. The molecule has 0 atom stereocenters. The van der Waals surface area contributed by atoms with Gasteiger partial charge >= 0.3 is 12.0 Å². The lowest BCUT2D eigenvalue weighted by Crippen LogP contribution is -2.40. The van der Waals surface area contributed by atoms with Crippen LogP contribution in [0, 0.1) is 0 Å². The lowest BCUT2D eigenvalue weighted by Gasteiger charge is -2.15. The van der Waals surface area contributed by atoms with Gasteiger partial charge in [-0.1, -0.05) is 12.1 Å². The number of rotatable bonds is 8. The lowest BCUT2D eigenvalue weighted by atomic mass is 10.1. The quantitative estimate of drug-likeness (QED) is 0.427. The second-order valence-electron chi connectivity index (χ2n) is 6.40. The fourth-order valence-electron chi connectivity index (χ4n) is 2.57. The van der Waals surface area contributed by atoms with Crippen molar-refractivity contribution in [3.05, 3.63) is 29.8 Å². The second kappa shape index (κ2) is 7.99. The van der Waals surface area contributed by atoms with Crippen LogP contribution in [0.25, 0.3) is 0 Å². The number of para-hydroxylation sites is 1. The van der Waals surface area contributed by atoms with Gasteiger partial charge in [-0.3, -0.25) is 19.3 Å². The van der Waals surface area contributed by atoms with Gasteiger partial charge in [-0.15, -0.1) is 0 Å². The minimum absolute atomic E-state index is 0.00328. The highest BCUT2D eigenvalue weighted by atomic mass is 16.5. The van der Waals surface area contributed by atoms with E-state index in [0.29, 0.717) is 11.3 Å². The molecule has 0 radical (unpaired) electrons. The van der Waals surface area contributed by atoms with Crippen molar-refractivity contribution >= 4 is 23.7 Å². The SMILES string of the molecule is COc1ccccc1C(=O)COC(=O)CCCN1C(=O)NC(C)(C)C1=O. The van der Waals surface area contributed by atoms with Gasteiger partial charge in [-0.05, 0) is 32.4 Å². The molecule has 8 heteroatoms. The molecule has 1 heterocycles. The van der Waals surface area contributed by atoms with Gasteiger partial charge in [-0.25, -0.2) is 4.79 Å². The Hall–Kier alpha value is -2.90. The van der Waals surface area contributed by atoms with Crippen LogP contribution in [-0.4, -0.2) is 54.4 Å². The van der Waals surface area contributed by atoms with Gasteiger partial charge < -0.3 is 14.8 Å². The molecule has 0 saturated carbocycles. The number of hydrogen-bond acceptors (Lipinski definition) is 6. The normalized spacial score (nSPS) is 15.6. The van der Waals surface area contributed by atoms with Crippen molar-refractivity contribution in [2.75, 3.05) is 20.3 Å². The molecular weight excluding hydrogens is 340 g/mol. The van der Waals surface area contributed by atoms with E-state index in [1.165, 1.54) is 7.11 Å². The number of ketones is 1. The maximum atomic E-state index is 12.1. The van der Waals surface area contributed by atoms with Crippen LogP contribution in [0.1, 0.15) is 37.0 Å². The molecule has 1 aliphatic heterocycles. The topological polar surface area (TPSA) is 102 Å². The number of esters is 1. The van der Waals surface area contributed by atoms with Crippen molar-refractivity contribution in [1.29, 1.82) is 0 Å². The summed E-state index contributed by atoms with van der Waals surface area (Å²) in [5, 5.41) is 2.56. The first kappa shape index (κ1) is 19.4. The molecule has 1 N–H and O–H groups in total. The third kappa shape index (κ3) is 4.38. The van der Waals surface area contributed by atoms with Crippen molar-refractivity contribution in [2.45, 2.75) is 32.2 Å². The third-order valence-electron chi connectivity index (χ3n) is 3.98. The highest BCUT2D eigenvalue weighted by Gasteiger charge is 2.43. The molecule has 8 nitrogen and oxygen atoms in total. The molecule has 0 unspecified atom stereocenters. The number of methoxy groups -OCH3 is 1. The van der Waals surface area contributed by atoms with Gasteiger partial charge in [0.1, 0.15) is 11.3 Å². The van der Waals surface area contributed by atoms with E-state index in [-0.39, 0.29) is 31.1 Å². The van der Waals surface area contributed by atoms with E-state index in [1.807, 2.05) is 0 Å². The molecule has 0 spiro atoms. The Morgan fingerprint density at radius 3 is 2.50 bits per heavy atom. The molecule has 1 aromatic carbocycles. The number of Topliss-reactive ketones (excluding diaryl/α,β-unsaturated/α-hetero) is 1. The van der Waals surface area contributed by atoms with Crippen LogP contribution in [0.4, 0.5) is 4.79 Å². The first-order chi connectivity index (χ1) is 12.3. The largest absolute Gasteiger partial charge is 0.496 e. The van der Waals surface area contributed by atoms with Gasteiger partial charge in [-0.2, -0.15) is 0 Å². The van der Waals surface area contributed by atoms with Gasteiger partial charge in [0.2, 0.25) is 5.78 Å². The van der Waals surface area contributed by atoms with E-state index < -0.39 is 24.1 Å². The van der Waals surface area contributed by atoms with Crippen LogP contribution in [-0.2, 0) is 14.3 Å². The minimum atomic E-state index is -0.932. The van der Waals surface area contributed by atoms with Gasteiger partial charge in [0, 0.05) is 13.0 Å². The van der Waals surface area contributed by atoms with E-state index in [2.05, 4.69) is 5.32 Å². The Morgan fingerprint density at radius 1 is 1.19 bits per heavy atom. The first-order valence-electron chi connectivity index (χ1n) is 8.22. The number of hydrogen-bond donors (Lipinski definition) is 1. The lowest BCUT2D eigenvalue weighted by molar-refractivity contribution is -0.143. The Morgan fingerprint density at radius 2 is 1.88 bits per heavy atom. The zero-order valence-electron chi connectivity index (χ0n) is 15.0. The van der Waals surface area contributed by atoms with E-state index >= 15 is 0 Å². The number of benzene rings is 1. The average molecular weight is 362 g/mol. The highest BCUT2D eigenvalue weighted by molar-refractivity contribution is 6.06. The standard InChI is InChI=1S/C18H22N2O6/c1-18(2)16(23)20(17(24)19-18)10-6-9-15(22)26-11-13(21)12-7-4-5-8-14(12)25-3/h4-5,7-8H,6,9-11H2,1-3H3,(H,19,24). The van der Waals surface area contributed by atoms with Crippen molar-refractivity contribution in [3.8, 4) is 5.75 Å². The van der Waals surface area contributed by atoms with Crippen LogP contribution >= 0.6 is 0 Å². The molecule has 1 aromatic rings. The zero-order chi connectivity index (χ0) is 19.3. The molecule has 3 amide bonds. The Balaban J connectivity index is 1.77. The van der Waals surface area contributed by atoms with E-state index in [0.717, 1.165) is 4.90 Å². The van der Waals surface area contributed by atoms with E-state index in [9.17, 15) is 19.2 Å². The fraction of sp³-hybridized carbons (Fsp3) is 0.444. The Kier molecular flexibility index (Phi) is 5.97. The maximum absolute atomic E-state index is 12.1. The van der Waals surface area contributed by atoms with Crippen molar-refractivity contribution < 1.29 is 28.7 Å². The molecule has 1 saturated heterocycles. The fourth-order valence-corrected chi connectivity index (χ4v) is 2.57. The summed E-state index contributed by atoms with van der Waals surface area (Å²) >= 11 is 0. The van der Waals surface area contributed by atoms with Crippen LogP contribution in [0.3, 0.4) is 0 Å². The second-order valence-corrected chi connectivity index (χ2v) is 6.40. The van der Waals surface area contributed by atoms with Gasteiger partial charge in [0.05, 0.1) is 12.7 Å². The average Bonchev–Trinajstić information content (AvgIpc) is 2.81. The number of nitrogens with one attached hydrogen (secondary N) is 1. The number of imide groups is 1. The van der Waals surface area contributed by atoms with Crippen LogP contribution < -0.4 is 10.1 Å². The van der Waals surface area contributed by atoms with Crippen LogP contribution in [0.5, 0.6) is 5.75 Å². The Bertz CT molecular complexity index is 728. The smallest absolute Gasteiger partial charge is 0.325 e. The van der Waals surface area contributed by atoms with Gasteiger partial charge in [0.15, 0.2) is 6.61 Å². The number of amides is 3. The van der Waals surface area contributed by atoms with Crippen molar-refractivity contribution in [1.82, 2.24) is 10.2 Å². The number of nitrogens with zero attached hydrogens (tertiary/aromatic N) is 1. The first-order valence-corrected chi connectivity index (χ1v) is 8.22. The maximum Gasteiger partial charge on any atom is 0.325 e. The van der Waals surface area contributed by atoms with Crippen molar-refractivity contribution in [3.63, 3.8) is 0 Å². The van der Waals surface area contributed by atoms with E-state index in [4.69, 9.17) is 9.47 Å². The predicted molar refractivity (Wildman–Crippen MR) is 91.8 cm³/mol.